The Kier molecular flexibility index (Phi) is 5.63. The Morgan fingerprint density at radius 3 is 2.67 bits per heavy atom. The van der Waals surface area contributed by atoms with E-state index in [0.29, 0.717) is 18.7 Å². The van der Waals surface area contributed by atoms with Gasteiger partial charge in [-0.2, -0.15) is 0 Å². The van der Waals surface area contributed by atoms with Crippen molar-refractivity contribution in [1.82, 2.24) is 5.32 Å². The highest BCUT2D eigenvalue weighted by Gasteiger charge is 2.28. The Balaban J connectivity index is 1.72. The van der Waals surface area contributed by atoms with Crippen LogP contribution in [0.15, 0.2) is 28.7 Å². The summed E-state index contributed by atoms with van der Waals surface area (Å²) in [5, 5.41) is 4.78. The predicted octanol–water partition coefficient (Wildman–Crippen LogP) is 2.15. The quantitative estimate of drug-likeness (QED) is 0.791. The lowest BCUT2D eigenvalue weighted by Gasteiger charge is -2.08. The van der Waals surface area contributed by atoms with Crippen LogP contribution in [0.2, 0.25) is 0 Å². The number of halogens is 1. The Hall–Kier alpha value is -1.54. The fourth-order valence-corrected chi connectivity index (χ4v) is 2.50. The molecular weight excluding hydrogens is 360 g/mol. The summed E-state index contributed by atoms with van der Waals surface area (Å²) in [4.78, 5) is 34.5. The zero-order valence-electron chi connectivity index (χ0n) is 10.9. The van der Waals surface area contributed by atoms with E-state index in [-0.39, 0.29) is 11.7 Å². The summed E-state index contributed by atoms with van der Waals surface area (Å²) >= 11 is 4.12. The van der Waals surface area contributed by atoms with Crippen LogP contribution in [-0.2, 0) is 14.3 Å². The van der Waals surface area contributed by atoms with Gasteiger partial charge in [0.2, 0.25) is 5.91 Å². The first kappa shape index (κ1) is 15.8. The summed E-state index contributed by atoms with van der Waals surface area (Å²) < 4.78 is 5.65. The van der Waals surface area contributed by atoms with Crippen LogP contribution >= 0.6 is 27.7 Å². The third kappa shape index (κ3) is 5.05. The number of nitrogens with one attached hydrogen (secondary N) is 2. The first-order valence-electron chi connectivity index (χ1n) is 6.20. The van der Waals surface area contributed by atoms with E-state index in [0.717, 1.165) is 16.2 Å². The first-order valence-corrected chi connectivity index (χ1v) is 7.98. The molecule has 1 atom stereocenters. The fourth-order valence-electron chi connectivity index (χ4n) is 1.67. The smallest absolute Gasteiger partial charge is 0.328 e. The lowest BCUT2D eigenvalue weighted by Crippen LogP contribution is -2.36. The van der Waals surface area contributed by atoms with Crippen LogP contribution in [0.25, 0.3) is 0 Å². The monoisotopic (exact) mass is 372 g/mol. The van der Waals surface area contributed by atoms with Gasteiger partial charge in [0.05, 0.1) is 12.4 Å². The summed E-state index contributed by atoms with van der Waals surface area (Å²) in [6.07, 6.45) is 0.468. The number of ether oxygens (including phenoxy) is 1. The highest BCUT2D eigenvalue weighted by atomic mass is 79.9. The molecule has 0 saturated carbocycles. The van der Waals surface area contributed by atoms with Gasteiger partial charge in [-0.15, -0.1) is 0 Å². The minimum Gasteiger partial charge on any atom is -0.464 e. The molecule has 0 aliphatic carbocycles. The zero-order valence-corrected chi connectivity index (χ0v) is 13.3. The fraction of sp³-hybridized carbons (Fsp3) is 0.308. The highest BCUT2D eigenvalue weighted by Crippen LogP contribution is 2.15. The summed E-state index contributed by atoms with van der Waals surface area (Å²) in [6.45, 7) is 0.318. The van der Waals surface area contributed by atoms with Crippen molar-refractivity contribution in [1.29, 1.82) is 0 Å². The van der Waals surface area contributed by atoms with Crippen LogP contribution in [0.3, 0.4) is 0 Å². The molecule has 0 unspecified atom stereocenters. The molecule has 0 radical (unpaired) electrons. The van der Waals surface area contributed by atoms with Gasteiger partial charge in [0.1, 0.15) is 6.04 Å². The van der Waals surface area contributed by atoms with Crippen molar-refractivity contribution < 1.29 is 19.1 Å². The van der Waals surface area contributed by atoms with Crippen molar-refractivity contribution in [3.8, 4) is 0 Å². The van der Waals surface area contributed by atoms with Crippen LogP contribution in [0.1, 0.15) is 6.42 Å². The first-order chi connectivity index (χ1) is 10.0. The number of rotatable bonds is 4. The predicted molar refractivity (Wildman–Crippen MR) is 83.1 cm³/mol. The second-order valence-corrected chi connectivity index (χ2v) is 6.15. The van der Waals surface area contributed by atoms with Crippen molar-refractivity contribution in [2.75, 3.05) is 17.7 Å². The maximum absolute atomic E-state index is 11.7. The van der Waals surface area contributed by atoms with Crippen LogP contribution in [-0.4, -0.2) is 35.5 Å². The standard InChI is InChI=1S/C13H13BrN2O4S/c14-8-1-3-9(4-2-8)15-11(17)7-21-13(19)16-10-5-6-20-12(10)18/h1-4,10H,5-7H2,(H,15,17)(H,16,19)/t10-/m0/s1. The molecule has 0 aromatic heterocycles. The second-order valence-electron chi connectivity index (χ2n) is 4.28. The van der Waals surface area contributed by atoms with Gasteiger partial charge in [0.15, 0.2) is 0 Å². The Morgan fingerprint density at radius 1 is 1.33 bits per heavy atom. The maximum Gasteiger partial charge on any atom is 0.328 e. The Labute approximate surface area is 134 Å². The van der Waals surface area contributed by atoms with E-state index >= 15 is 0 Å². The second kappa shape index (κ2) is 7.46. The molecule has 1 aliphatic heterocycles. The van der Waals surface area contributed by atoms with Crippen molar-refractivity contribution in [2.45, 2.75) is 12.5 Å². The summed E-state index contributed by atoms with van der Waals surface area (Å²) in [6, 6.07) is 6.52. The van der Waals surface area contributed by atoms with Crippen LogP contribution < -0.4 is 10.6 Å². The molecule has 1 aromatic rings. The number of hydrogen-bond donors (Lipinski definition) is 2. The van der Waals surface area contributed by atoms with Crippen molar-refractivity contribution in [3.05, 3.63) is 28.7 Å². The number of hydrogen-bond acceptors (Lipinski definition) is 5. The molecule has 1 saturated heterocycles. The van der Waals surface area contributed by atoms with E-state index in [1.54, 1.807) is 24.3 Å². The molecule has 6 nitrogen and oxygen atoms in total. The molecule has 112 valence electrons. The molecule has 2 amide bonds. The van der Waals surface area contributed by atoms with Crippen molar-refractivity contribution in [2.24, 2.45) is 0 Å². The van der Waals surface area contributed by atoms with E-state index in [9.17, 15) is 14.4 Å². The van der Waals surface area contributed by atoms with Gasteiger partial charge in [-0.1, -0.05) is 27.7 Å². The van der Waals surface area contributed by atoms with Gasteiger partial charge in [-0.05, 0) is 24.3 Å². The SMILES string of the molecule is O=C(CSC(=O)N[C@H]1CCOC1=O)Nc1ccc(Br)cc1. The van der Waals surface area contributed by atoms with Gasteiger partial charge in [-0.3, -0.25) is 9.59 Å². The van der Waals surface area contributed by atoms with E-state index < -0.39 is 17.3 Å². The lowest BCUT2D eigenvalue weighted by molar-refractivity contribution is -0.139. The molecule has 2 N–H and O–H groups in total. The summed E-state index contributed by atoms with van der Waals surface area (Å²) in [7, 11) is 0. The molecule has 1 aliphatic rings. The van der Waals surface area contributed by atoms with Gasteiger partial charge < -0.3 is 15.4 Å². The maximum atomic E-state index is 11.7. The Morgan fingerprint density at radius 2 is 2.05 bits per heavy atom. The number of carbonyl (C=O) groups excluding carboxylic acids is 3. The molecule has 0 spiro atoms. The number of carbonyl (C=O) groups is 3. The molecule has 1 aromatic carbocycles. The zero-order chi connectivity index (χ0) is 15.2. The number of thioether (sulfide) groups is 1. The van der Waals surface area contributed by atoms with E-state index in [4.69, 9.17) is 4.74 Å². The molecule has 21 heavy (non-hydrogen) atoms. The number of cyclic esters (lactones) is 1. The van der Waals surface area contributed by atoms with E-state index in [1.807, 2.05) is 0 Å². The average Bonchev–Trinajstić information content (AvgIpc) is 2.85. The van der Waals surface area contributed by atoms with Gasteiger partial charge >= 0.3 is 5.97 Å². The number of benzene rings is 1. The third-order valence-electron chi connectivity index (χ3n) is 2.69. The van der Waals surface area contributed by atoms with E-state index in [2.05, 4.69) is 26.6 Å². The van der Waals surface area contributed by atoms with Crippen molar-refractivity contribution >= 4 is 50.5 Å². The number of amides is 2. The van der Waals surface area contributed by atoms with Crippen molar-refractivity contribution in [3.63, 3.8) is 0 Å². The molecule has 1 fully saturated rings. The summed E-state index contributed by atoms with van der Waals surface area (Å²) in [5.41, 5.74) is 0.656. The molecule has 0 bridgehead atoms. The number of esters is 1. The van der Waals surface area contributed by atoms with Gasteiger partial charge in [0, 0.05) is 16.6 Å². The van der Waals surface area contributed by atoms with Crippen LogP contribution in [0.4, 0.5) is 10.5 Å². The third-order valence-corrected chi connectivity index (χ3v) is 4.01. The normalized spacial score (nSPS) is 17.2. The molecule has 1 heterocycles. The summed E-state index contributed by atoms with van der Waals surface area (Å²) in [5.74, 6) is -0.737. The molecule has 2 rings (SSSR count). The topological polar surface area (TPSA) is 84.5 Å². The minimum absolute atomic E-state index is 0.0241. The Bertz CT molecular complexity index is 550. The molecular formula is C13H13BrN2O4S. The van der Waals surface area contributed by atoms with Crippen LogP contribution in [0.5, 0.6) is 0 Å². The minimum atomic E-state index is -0.598. The average molecular weight is 373 g/mol. The largest absolute Gasteiger partial charge is 0.464 e. The number of anilines is 1. The van der Waals surface area contributed by atoms with Gasteiger partial charge in [0.25, 0.3) is 5.24 Å². The van der Waals surface area contributed by atoms with Crippen LogP contribution in [0, 0.1) is 0 Å². The highest BCUT2D eigenvalue weighted by molar-refractivity contribution is 9.10. The van der Waals surface area contributed by atoms with E-state index in [1.165, 1.54) is 0 Å². The van der Waals surface area contributed by atoms with Gasteiger partial charge in [-0.25, -0.2) is 4.79 Å². The molecule has 8 heteroatoms. The lowest BCUT2D eigenvalue weighted by atomic mass is 10.3.